The van der Waals surface area contributed by atoms with Crippen molar-refractivity contribution >= 4 is 29.1 Å². The van der Waals surface area contributed by atoms with Crippen LogP contribution in [0.5, 0.6) is 0 Å². The summed E-state index contributed by atoms with van der Waals surface area (Å²) in [5, 5.41) is -0.104. The quantitative estimate of drug-likeness (QED) is 0.656. The molecule has 2 saturated heterocycles. The highest BCUT2D eigenvalue weighted by Gasteiger charge is 2.46. The van der Waals surface area contributed by atoms with Gasteiger partial charge < -0.3 is 14.5 Å². The Balaban J connectivity index is 1.60. The van der Waals surface area contributed by atoms with Gasteiger partial charge in [-0.3, -0.25) is 9.59 Å². The average molecular weight is 457 g/mol. The molecule has 31 heavy (non-hydrogen) atoms. The molecule has 164 valence electrons. The third-order valence-corrected chi connectivity index (χ3v) is 5.73. The van der Waals surface area contributed by atoms with Crippen LogP contribution in [0.25, 0.3) is 0 Å². The molecule has 2 aliphatic rings. The molecule has 2 aromatic rings. The molecule has 2 heterocycles. The Hall–Kier alpha value is -2.65. The summed E-state index contributed by atoms with van der Waals surface area (Å²) in [5.41, 5.74) is -0.123. The number of carbonyl (C=O) groups excluding carboxylic acids is 2. The minimum absolute atomic E-state index is 0.0211. The van der Waals surface area contributed by atoms with Gasteiger partial charge in [-0.2, -0.15) is 13.2 Å². The van der Waals surface area contributed by atoms with E-state index in [1.165, 1.54) is 34.1 Å². The van der Waals surface area contributed by atoms with Crippen LogP contribution >= 0.6 is 11.6 Å². The van der Waals surface area contributed by atoms with E-state index in [-0.39, 0.29) is 42.9 Å². The molecule has 0 saturated carbocycles. The number of alkyl halides is 3. The number of carbonyl (C=O) groups is 2. The molecular weight excluding hydrogens is 440 g/mol. The van der Waals surface area contributed by atoms with Crippen LogP contribution in [0.2, 0.25) is 5.02 Å². The van der Waals surface area contributed by atoms with Crippen molar-refractivity contribution < 1.29 is 31.9 Å². The lowest BCUT2D eigenvalue weighted by Gasteiger charge is -2.45. The van der Waals surface area contributed by atoms with Crippen LogP contribution in [-0.4, -0.2) is 42.5 Å². The van der Waals surface area contributed by atoms with Gasteiger partial charge >= 0.3 is 6.18 Å². The van der Waals surface area contributed by atoms with Gasteiger partial charge in [0, 0.05) is 18.2 Å². The first-order valence-electron chi connectivity index (χ1n) is 9.45. The molecule has 0 aliphatic carbocycles. The summed E-state index contributed by atoms with van der Waals surface area (Å²) in [6.07, 6.45) is -4.46. The number of benzene rings is 2. The average Bonchev–Trinajstić information content (AvgIpc) is 2.67. The number of hydrogen-bond acceptors (Lipinski definition) is 3. The lowest BCUT2D eigenvalue weighted by atomic mass is 9.92. The highest BCUT2D eigenvalue weighted by Crippen LogP contribution is 2.32. The van der Waals surface area contributed by atoms with Gasteiger partial charge in [0.1, 0.15) is 18.4 Å². The number of ether oxygens (including phenoxy) is 1. The Morgan fingerprint density at radius 3 is 2.29 bits per heavy atom. The van der Waals surface area contributed by atoms with Crippen LogP contribution in [0, 0.1) is 11.7 Å². The fourth-order valence-corrected chi connectivity index (χ4v) is 3.82. The molecule has 2 amide bonds. The SMILES string of the molecule is O=C1C(C2COC2)N(Cc2ccc(C(F)(F)F)cc2)C(=O)CN1c1ccc(Cl)c(F)c1. The monoisotopic (exact) mass is 456 g/mol. The van der Waals surface area contributed by atoms with E-state index in [0.29, 0.717) is 5.56 Å². The number of piperazine rings is 1. The molecule has 0 N–H and O–H groups in total. The zero-order valence-electron chi connectivity index (χ0n) is 16.0. The predicted octanol–water partition coefficient (Wildman–Crippen LogP) is 3.89. The third kappa shape index (κ3) is 4.24. The van der Waals surface area contributed by atoms with Gasteiger partial charge in [-0.1, -0.05) is 23.7 Å². The van der Waals surface area contributed by atoms with Gasteiger partial charge in [0.15, 0.2) is 0 Å². The topological polar surface area (TPSA) is 49.9 Å². The van der Waals surface area contributed by atoms with E-state index >= 15 is 0 Å². The lowest BCUT2D eigenvalue weighted by Crippen LogP contribution is -2.64. The molecule has 0 spiro atoms. The first-order valence-corrected chi connectivity index (χ1v) is 9.82. The van der Waals surface area contributed by atoms with Crippen LogP contribution in [0.4, 0.5) is 23.2 Å². The summed E-state index contributed by atoms with van der Waals surface area (Å²) in [7, 11) is 0. The van der Waals surface area contributed by atoms with E-state index < -0.39 is 35.4 Å². The second kappa shape index (κ2) is 8.12. The number of rotatable bonds is 4. The first kappa shape index (κ1) is 21.6. The summed E-state index contributed by atoms with van der Waals surface area (Å²) in [6, 6.07) is 7.44. The van der Waals surface area contributed by atoms with Gasteiger partial charge in [0.2, 0.25) is 5.91 Å². The van der Waals surface area contributed by atoms with Crippen molar-refractivity contribution in [3.05, 3.63) is 64.4 Å². The van der Waals surface area contributed by atoms with E-state index in [1.807, 2.05) is 0 Å². The van der Waals surface area contributed by atoms with Crippen molar-refractivity contribution in [2.75, 3.05) is 24.7 Å². The summed E-state index contributed by atoms with van der Waals surface area (Å²) >= 11 is 5.71. The molecule has 2 fully saturated rings. The van der Waals surface area contributed by atoms with Gasteiger partial charge in [0.05, 0.1) is 23.8 Å². The maximum atomic E-state index is 13.9. The van der Waals surface area contributed by atoms with Crippen molar-refractivity contribution in [2.45, 2.75) is 18.8 Å². The van der Waals surface area contributed by atoms with Crippen molar-refractivity contribution in [3.8, 4) is 0 Å². The number of halogens is 5. The second-order valence-corrected chi connectivity index (χ2v) is 7.89. The number of hydrogen-bond donors (Lipinski definition) is 0. The van der Waals surface area contributed by atoms with E-state index in [1.54, 1.807) is 0 Å². The Kier molecular flexibility index (Phi) is 5.65. The lowest BCUT2D eigenvalue weighted by molar-refractivity contribution is -0.154. The third-order valence-electron chi connectivity index (χ3n) is 5.43. The van der Waals surface area contributed by atoms with Crippen molar-refractivity contribution in [2.24, 2.45) is 5.92 Å². The van der Waals surface area contributed by atoms with Crippen molar-refractivity contribution in [3.63, 3.8) is 0 Å². The molecule has 1 atom stereocenters. The standard InChI is InChI=1S/C21H17ClF4N2O3/c22-16-6-5-15(7-17(16)23)27-9-18(29)28(19(20(27)30)13-10-31-11-13)8-12-1-3-14(4-2-12)21(24,25)26/h1-7,13,19H,8-11H2. The second-order valence-electron chi connectivity index (χ2n) is 7.48. The molecule has 0 bridgehead atoms. The molecule has 10 heteroatoms. The molecule has 2 aromatic carbocycles. The minimum atomic E-state index is -4.46. The van der Waals surface area contributed by atoms with E-state index in [4.69, 9.17) is 16.3 Å². The molecule has 4 rings (SSSR count). The van der Waals surface area contributed by atoms with E-state index in [2.05, 4.69) is 0 Å². The summed E-state index contributed by atoms with van der Waals surface area (Å²) in [5.74, 6) is -1.77. The van der Waals surface area contributed by atoms with Crippen LogP contribution in [0.1, 0.15) is 11.1 Å². The highest BCUT2D eigenvalue weighted by molar-refractivity contribution is 6.30. The summed E-state index contributed by atoms with van der Waals surface area (Å²) in [6.45, 7) is 0.212. The largest absolute Gasteiger partial charge is 0.416 e. The number of nitrogens with zero attached hydrogens (tertiary/aromatic N) is 2. The first-order chi connectivity index (χ1) is 14.6. The van der Waals surface area contributed by atoms with E-state index in [9.17, 15) is 27.2 Å². The maximum absolute atomic E-state index is 13.9. The van der Waals surface area contributed by atoms with Crippen molar-refractivity contribution in [1.29, 1.82) is 0 Å². The smallest absolute Gasteiger partial charge is 0.380 e. The minimum Gasteiger partial charge on any atom is -0.380 e. The maximum Gasteiger partial charge on any atom is 0.416 e. The fraction of sp³-hybridized carbons (Fsp3) is 0.333. The zero-order valence-corrected chi connectivity index (χ0v) is 16.8. The Labute approximate surface area is 180 Å². The fourth-order valence-electron chi connectivity index (χ4n) is 3.70. The van der Waals surface area contributed by atoms with Crippen LogP contribution in [0.3, 0.4) is 0 Å². The number of anilines is 1. The molecule has 0 radical (unpaired) electrons. The molecule has 1 unspecified atom stereocenters. The Morgan fingerprint density at radius 1 is 1.06 bits per heavy atom. The van der Waals surface area contributed by atoms with Crippen LogP contribution < -0.4 is 4.90 Å². The number of amides is 2. The van der Waals surface area contributed by atoms with Gasteiger partial charge in [-0.15, -0.1) is 0 Å². The van der Waals surface area contributed by atoms with Gasteiger partial charge in [-0.25, -0.2) is 4.39 Å². The molecule has 5 nitrogen and oxygen atoms in total. The van der Waals surface area contributed by atoms with Gasteiger partial charge in [-0.05, 0) is 35.9 Å². The van der Waals surface area contributed by atoms with Crippen LogP contribution in [-0.2, 0) is 27.0 Å². The summed E-state index contributed by atoms with van der Waals surface area (Å²) in [4.78, 5) is 28.8. The molecular formula is C21H17ClF4N2O3. The summed E-state index contributed by atoms with van der Waals surface area (Å²) < 4.78 is 57.5. The Morgan fingerprint density at radius 2 is 1.74 bits per heavy atom. The normalized spacial score (nSPS) is 20.2. The zero-order chi connectivity index (χ0) is 22.3. The van der Waals surface area contributed by atoms with Crippen LogP contribution in [0.15, 0.2) is 42.5 Å². The highest BCUT2D eigenvalue weighted by atomic mass is 35.5. The predicted molar refractivity (Wildman–Crippen MR) is 104 cm³/mol. The van der Waals surface area contributed by atoms with E-state index in [0.717, 1.165) is 18.2 Å². The molecule has 2 aliphatic heterocycles. The Bertz CT molecular complexity index is 1010. The van der Waals surface area contributed by atoms with Gasteiger partial charge in [0.25, 0.3) is 5.91 Å². The van der Waals surface area contributed by atoms with Crippen molar-refractivity contribution in [1.82, 2.24) is 4.90 Å². The molecule has 0 aromatic heterocycles.